The Morgan fingerprint density at radius 1 is 1.09 bits per heavy atom. The molecule has 3 heterocycles. The van der Waals surface area contributed by atoms with Crippen molar-refractivity contribution >= 4 is 17.8 Å². The van der Waals surface area contributed by atoms with Gasteiger partial charge in [-0.25, -0.2) is 4.79 Å². The Morgan fingerprint density at radius 2 is 1.64 bits per heavy atom. The van der Waals surface area contributed by atoms with E-state index in [0.29, 0.717) is 31.5 Å². The molecule has 2 aliphatic heterocycles. The molecule has 2 fully saturated rings. The predicted octanol–water partition coefficient (Wildman–Crippen LogP) is -0.900. The summed E-state index contributed by atoms with van der Waals surface area (Å²) in [7, 11) is 0. The predicted molar refractivity (Wildman–Crippen MR) is 74.4 cm³/mol. The largest absolute Gasteiger partial charge is 0.393 e. The van der Waals surface area contributed by atoms with Crippen LogP contribution in [-0.4, -0.2) is 52.0 Å². The van der Waals surface area contributed by atoms with E-state index >= 15 is 0 Å². The van der Waals surface area contributed by atoms with E-state index in [-0.39, 0.29) is 0 Å². The number of aromatic nitrogens is 1. The number of rotatable bonds is 2. The number of hydrogen-bond acceptors (Lipinski definition) is 6. The lowest BCUT2D eigenvalue weighted by Gasteiger charge is -2.45. The molecule has 0 aliphatic carbocycles. The van der Waals surface area contributed by atoms with Crippen LogP contribution in [0.4, 0.5) is 4.79 Å². The Labute approximate surface area is 126 Å². The molecule has 0 aromatic carbocycles. The second-order valence-corrected chi connectivity index (χ2v) is 5.40. The highest BCUT2D eigenvalue weighted by Crippen LogP contribution is 2.33. The number of barbiturate groups is 1. The number of imide groups is 2. The van der Waals surface area contributed by atoms with E-state index in [4.69, 9.17) is 0 Å². The van der Waals surface area contributed by atoms with Gasteiger partial charge in [-0.05, 0) is 30.5 Å². The number of pyridine rings is 1. The summed E-state index contributed by atoms with van der Waals surface area (Å²) in [5, 5.41) is 14.0. The van der Waals surface area contributed by atoms with Crippen LogP contribution in [0.25, 0.3) is 0 Å². The van der Waals surface area contributed by atoms with Gasteiger partial charge in [0.05, 0.1) is 6.10 Å². The van der Waals surface area contributed by atoms with E-state index in [9.17, 15) is 19.5 Å². The van der Waals surface area contributed by atoms with E-state index in [2.05, 4.69) is 15.6 Å². The Balaban J connectivity index is 2.08. The fourth-order valence-corrected chi connectivity index (χ4v) is 3.05. The summed E-state index contributed by atoms with van der Waals surface area (Å²) in [6, 6.07) is 2.34. The first kappa shape index (κ1) is 14.6. The van der Waals surface area contributed by atoms with Crippen LogP contribution >= 0.6 is 0 Å². The number of aliphatic hydroxyl groups is 1. The summed E-state index contributed by atoms with van der Waals surface area (Å²) in [5.74, 6) is -1.35. The van der Waals surface area contributed by atoms with E-state index in [1.54, 1.807) is 17.0 Å². The minimum atomic E-state index is -1.61. The summed E-state index contributed by atoms with van der Waals surface area (Å²) >= 11 is 0. The van der Waals surface area contributed by atoms with Crippen molar-refractivity contribution in [3.63, 3.8) is 0 Å². The van der Waals surface area contributed by atoms with Gasteiger partial charge < -0.3 is 5.11 Å². The fraction of sp³-hybridized carbons (Fsp3) is 0.429. The number of carbonyl (C=O) groups excluding carboxylic acids is 3. The van der Waals surface area contributed by atoms with E-state index in [0.717, 1.165) is 0 Å². The van der Waals surface area contributed by atoms with Crippen LogP contribution in [0.5, 0.6) is 0 Å². The second kappa shape index (κ2) is 5.47. The van der Waals surface area contributed by atoms with Gasteiger partial charge in [-0.2, -0.15) is 0 Å². The van der Waals surface area contributed by atoms with Crippen LogP contribution in [0.3, 0.4) is 0 Å². The topological polar surface area (TPSA) is 112 Å². The van der Waals surface area contributed by atoms with Gasteiger partial charge >= 0.3 is 6.03 Å². The SMILES string of the molecule is O=C1NC(=O)C(c2ccncc2)(N2CCC(O)CC2)C(=O)N1. The first-order valence-corrected chi connectivity index (χ1v) is 7.05. The molecule has 8 heteroatoms. The van der Waals surface area contributed by atoms with Crippen LogP contribution in [0, 0.1) is 0 Å². The Kier molecular flexibility index (Phi) is 3.63. The smallest absolute Gasteiger partial charge is 0.328 e. The lowest BCUT2D eigenvalue weighted by Crippen LogP contribution is -2.71. The van der Waals surface area contributed by atoms with Gasteiger partial charge in [0.25, 0.3) is 11.8 Å². The van der Waals surface area contributed by atoms with Gasteiger partial charge in [0.15, 0.2) is 0 Å². The van der Waals surface area contributed by atoms with Crippen LogP contribution < -0.4 is 10.6 Å². The van der Waals surface area contributed by atoms with Crippen LogP contribution in [-0.2, 0) is 15.1 Å². The van der Waals surface area contributed by atoms with Gasteiger partial charge in [-0.3, -0.25) is 30.1 Å². The van der Waals surface area contributed by atoms with Crippen molar-refractivity contribution in [1.82, 2.24) is 20.5 Å². The second-order valence-electron chi connectivity index (χ2n) is 5.40. The molecule has 0 spiro atoms. The molecule has 116 valence electrons. The third kappa shape index (κ3) is 2.16. The Hall–Kier alpha value is -2.32. The maximum Gasteiger partial charge on any atom is 0.328 e. The molecule has 3 N–H and O–H groups in total. The molecule has 0 radical (unpaired) electrons. The lowest BCUT2D eigenvalue weighted by molar-refractivity contribution is -0.150. The van der Waals surface area contributed by atoms with E-state index in [1.807, 2.05) is 0 Å². The zero-order valence-electron chi connectivity index (χ0n) is 11.8. The molecule has 22 heavy (non-hydrogen) atoms. The third-order valence-electron chi connectivity index (χ3n) is 4.15. The first-order chi connectivity index (χ1) is 10.5. The van der Waals surface area contributed by atoms with E-state index in [1.165, 1.54) is 12.4 Å². The maximum atomic E-state index is 12.6. The molecule has 1 aromatic rings. The normalized spacial score (nSPS) is 23.0. The van der Waals surface area contributed by atoms with Gasteiger partial charge in [0.1, 0.15) is 0 Å². The monoisotopic (exact) mass is 304 g/mol. The zero-order valence-corrected chi connectivity index (χ0v) is 11.8. The number of urea groups is 1. The summed E-state index contributed by atoms with van der Waals surface area (Å²) in [4.78, 5) is 42.2. The van der Waals surface area contributed by atoms with Gasteiger partial charge in [-0.15, -0.1) is 0 Å². The van der Waals surface area contributed by atoms with E-state index < -0.39 is 29.5 Å². The Morgan fingerprint density at radius 3 is 2.18 bits per heavy atom. The molecule has 2 saturated heterocycles. The molecule has 1 aromatic heterocycles. The van der Waals surface area contributed by atoms with Gasteiger partial charge in [0, 0.05) is 25.5 Å². The minimum Gasteiger partial charge on any atom is -0.393 e. The number of nitrogens with one attached hydrogen (secondary N) is 2. The third-order valence-corrected chi connectivity index (χ3v) is 4.15. The number of piperidine rings is 1. The summed E-state index contributed by atoms with van der Waals surface area (Å²) in [6.45, 7) is 0.747. The molecule has 0 unspecified atom stereocenters. The molecule has 0 saturated carbocycles. The molecule has 8 nitrogen and oxygen atoms in total. The number of carbonyl (C=O) groups is 3. The molecule has 0 bridgehead atoms. The van der Waals surface area contributed by atoms with Crippen molar-refractivity contribution in [1.29, 1.82) is 0 Å². The van der Waals surface area contributed by atoms with Crippen molar-refractivity contribution in [2.75, 3.05) is 13.1 Å². The standard InChI is InChI=1S/C14H16N4O4/c19-10-3-7-18(8-4-10)14(9-1-5-15-6-2-9)11(20)16-13(22)17-12(14)21/h1-2,5-6,10,19H,3-4,7-8H2,(H2,16,17,20,21,22). The van der Waals surface area contributed by atoms with Crippen molar-refractivity contribution in [2.24, 2.45) is 0 Å². The summed E-state index contributed by atoms with van der Waals surface area (Å²) in [5.41, 5.74) is -1.17. The molecule has 0 atom stereocenters. The van der Waals surface area contributed by atoms with Crippen molar-refractivity contribution in [2.45, 2.75) is 24.5 Å². The first-order valence-electron chi connectivity index (χ1n) is 7.05. The minimum absolute atomic E-state index is 0.374. The quantitative estimate of drug-likeness (QED) is 0.611. The molecule has 4 amide bonds. The highest BCUT2D eigenvalue weighted by Gasteiger charge is 2.56. The highest BCUT2D eigenvalue weighted by atomic mass is 16.3. The molecular weight excluding hydrogens is 288 g/mol. The van der Waals surface area contributed by atoms with Crippen molar-refractivity contribution in [3.05, 3.63) is 30.1 Å². The zero-order chi connectivity index (χ0) is 15.7. The molecular formula is C14H16N4O4. The summed E-state index contributed by atoms with van der Waals surface area (Å²) < 4.78 is 0. The molecule has 2 aliphatic rings. The van der Waals surface area contributed by atoms with Gasteiger partial charge in [-0.1, -0.05) is 0 Å². The number of hydrogen-bond donors (Lipinski definition) is 3. The van der Waals surface area contributed by atoms with Crippen molar-refractivity contribution < 1.29 is 19.5 Å². The molecule has 3 rings (SSSR count). The number of amides is 4. The number of aliphatic hydroxyl groups excluding tert-OH is 1. The average Bonchev–Trinajstić information content (AvgIpc) is 2.49. The van der Waals surface area contributed by atoms with Gasteiger partial charge in [0.2, 0.25) is 5.54 Å². The van der Waals surface area contributed by atoms with Crippen LogP contribution in [0.15, 0.2) is 24.5 Å². The van der Waals surface area contributed by atoms with Crippen molar-refractivity contribution in [3.8, 4) is 0 Å². The fourth-order valence-electron chi connectivity index (χ4n) is 3.05. The summed E-state index contributed by atoms with van der Waals surface area (Å²) in [6.07, 6.45) is 3.46. The Bertz CT molecular complexity index is 591. The maximum absolute atomic E-state index is 12.6. The van der Waals surface area contributed by atoms with Crippen LogP contribution in [0.2, 0.25) is 0 Å². The number of nitrogens with zero attached hydrogens (tertiary/aromatic N) is 2. The van der Waals surface area contributed by atoms with Crippen LogP contribution in [0.1, 0.15) is 18.4 Å². The average molecular weight is 304 g/mol. The number of likely N-dealkylation sites (tertiary alicyclic amines) is 1. The highest BCUT2D eigenvalue weighted by molar-refractivity contribution is 6.22. The lowest BCUT2D eigenvalue weighted by atomic mass is 9.83.